The molecule has 2 unspecified atom stereocenters. The zero-order chi connectivity index (χ0) is 14.8. The van der Waals surface area contributed by atoms with E-state index in [0.717, 1.165) is 6.54 Å². The van der Waals surface area contributed by atoms with Crippen molar-refractivity contribution in [1.82, 2.24) is 20.4 Å². The topological polar surface area (TPSA) is 64.7 Å². The molecule has 0 radical (unpaired) electrons. The van der Waals surface area contributed by atoms with Crippen LogP contribution in [0.3, 0.4) is 0 Å². The second kappa shape index (κ2) is 5.88. The highest BCUT2D eigenvalue weighted by atomic mass is 16.2. The van der Waals surface area contributed by atoms with Crippen molar-refractivity contribution in [2.45, 2.75) is 59.4 Å². The van der Waals surface area contributed by atoms with Crippen molar-refractivity contribution in [3.05, 3.63) is 0 Å². The van der Waals surface area contributed by atoms with Gasteiger partial charge in [0, 0.05) is 0 Å². The van der Waals surface area contributed by atoms with Crippen LogP contribution >= 0.6 is 0 Å². The summed E-state index contributed by atoms with van der Waals surface area (Å²) >= 11 is 0. The number of carbonyl (C=O) groups excluding carboxylic acids is 2. The zero-order valence-electron chi connectivity index (χ0n) is 12.8. The standard InChI is InChI=1S/C13H26N4O2/c1-7-14-9(3)16-11(18)13(5,6)17(12(16)19)10(4)15-8-2/h9-10,14-15H,7-8H2,1-6H3. The average Bonchev–Trinajstić information content (AvgIpc) is 2.46. The maximum Gasteiger partial charge on any atom is 0.330 e. The molecule has 19 heavy (non-hydrogen) atoms. The third kappa shape index (κ3) is 2.74. The lowest BCUT2D eigenvalue weighted by atomic mass is 10.0. The molecule has 1 heterocycles. The molecule has 3 amide bonds. The van der Waals surface area contributed by atoms with Crippen LogP contribution < -0.4 is 10.6 Å². The number of rotatable bonds is 6. The van der Waals surface area contributed by atoms with E-state index in [0.29, 0.717) is 6.54 Å². The lowest BCUT2D eigenvalue weighted by Gasteiger charge is -2.33. The first-order valence-electron chi connectivity index (χ1n) is 6.92. The van der Waals surface area contributed by atoms with Gasteiger partial charge in [-0.3, -0.25) is 20.3 Å². The maximum absolute atomic E-state index is 12.5. The first kappa shape index (κ1) is 15.9. The Labute approximate surface area is 115 Å². The summed E-state index contributed by atoms with van der Waals surface area (Å²) in [5.41, 5.74) is -0.817. The molecule has 1 aliphatic rings. The molecule has 0 saturated carbocycles. The zero-order valence-corrected chi connectivity index (χ0v) is 12.8. The normalized spacial score (nSPS) is 22.0. The Hall–Kier alpha value is -1.14. The average molecular weight is 270 g/mol. The number of hydrogen-bond donors (Lipinski definition) is 2. The number of hydrogen-bond acceptors (Lipinski definition) is 4. The van der Waals surface area contributed by atoms with Crippen molar-refractivity contribution in [2.24, 2.45) is 0 Å². The quantitative estimate of drug-likeness (QED) is 0.705. The molecule has 1 saturated heterocycles. The van der Waals surface area contributed by atoms with Gasteiger partial charge in [0.1, 0.15) is 5.54 Å². The van der Waals surface area contributed by atoms with Crippen molar-refractivity contribution < 1.29 is 9.59 Å². The van der Waals surface area contributed by atoms with Gasteiger partial charge in [-0.05, 0) is 40.8 Å². The van der Waals surface area contributed by atoms with Gasteiger partial charge in [-0.15, -0.1) is 0 Å². The van der Waals surface area contributed by atoms with Crippen molar-refractivity contribution in [3.8, 4) is 0 Å². The first-order valence-corrected chi connectivity index (χ1v) is 6.92. The third-order valence-electron chi connectivity index (χ3n) is 3.53. The molecule has 1 rings (SSSR count). The largest absolute Gasteiger partial charge is 0.330 e. The van der Waals surface area contributed by atoms with Crippen LogP contribution in [0.2, 0.25) is 0 Å². The number of urea groups is 1. The Balaban J connectivity index is 3.02. The molecule has 2 N–H and O–H groups in total. The second-order valence-corrected chi connectivity index (χ2v) is 5.35. The van der Waals surface area contributed by atoms with Gasteiger partial charge in [0.25, 0.3) is 5.91 Å². The number of nitrogens with one attached hydrogen (secondary N) is 2. The van der Waals surface area contributed by atoms with E-state index in [1.807, 2.05) is 27.7 Å². The minimum absolute atomic E-state index is 0.157. The van der Waals surface area contributed by atoms with Crippen LogP contribution in [0, 0.1) is 0 Å². The van der Waals surface area contributed by atoms with Crippen molar-refractivity contribution in [1.29, 1.82) is 0 Å². The van der Waals surface area contributed by atoms with E-state index in [1.165, 1.54) is 4.90 Å². The summed E-state index contributed by atoms with van der Waals surface area (Å²) in [6, 6.07) is -0.239. The molecule has 1 aliphatic heterocycles. The molecule has 6 nitrogen and oxygen atoms in total. The number of imide groups is 1. The molecule has 0 aromatic carbocycles. The summed E-state index contributed by atoms with van der Waals surface area (Å²) in [6.45, 7) is 12.7. The molecule has 0 bridgehead atoms. The second-order valence-electron chi connectivity index (χ2n) is 5.35. The maximum atomic E-state index is 12.5. The van der Waals surface area contributed by atoms with E-state index in [-0.39, 0.29) is 24.3 Å². The Kier molecular flexibility index (Phi) is 4.92. The van der Waals surface area contributed by atoms with Gasteiger partial charge in [-0.25, -0.2) is 9.69 Å². The van der Waals surface area contributed by atoms with Crippen LogP contribution in [0.5, 0.6) is 0 Å². The summed E-state index contributed by atoms with van der Waals surface area (Å²) in [6.07, 6.45) is -0.460. The number of amides is 3. The summed E-state index contributed by atoms with van der Waals surface area (Å²) in [5.74, 6) is -0.157. The highest BCUT2D eigenvalue weighted by molar-refractivity contribution is 6.06. The molecule has 0 aliphatic carbocycles. The molecule has 0 aromatic rings. The van der Waals surface area contributed by atoms with Crippen LogP contribution in [0.15, 0.2) is 0 Å². The third-order valence-corrected chi connectivity index (χ3v) is 3.53. The molecule has 1 fully saturated rings. The van der Waals surface area contributed by atoms with E-state index in [2.05, 4.69) is 10.6 Å². The van der Waals surface area contributed by atoms with Crippen LogP contribution in [0.1, 0.15) is 41.5 Å². The monoisotopic (exact) mass is 270 g/mol. The number of nitrogens with zero attached hydrogens (tertiary/aromatic N) is 2. The van der Waals surface area contributed by atoms with Gasteiger partial charge >= 0.3 is 6.03 Å². The molecular formula is C13H26N4O2. The van der Waals surface area contributed by atoms with Crippen LogP contribution in [-0.2, 0) is 4.79 Å². The minimum Gasteiger partial charge on any atom is -0.298 e. The van der Waals surface area contributed by atoms with Crippen LogP contribution in [0.25, 0.3) is 0 Å². The highest BCUT2D eigenvalue weighted by Crippen LogP contribution is 2.30. The van der Waals surface area contributed by atoms with E-state index < -0.39 is 5.54 Å². The molecule has 6 heteroatoms. The highest BCUT2D eigenvalue weighted by Gasteiger charge is 2.54. The van der Waals surface area contributed by atoms with Crippen molar-refractivity contribution in [2.75, 3.05) is 13.1 Å². The molecular weight excluding hydrogens is 244 g/mol. The lowest BCUT2D eigenvalue weighted by molar-refractivity contribution is -0.134. The smallest absolute Gasteiger partial charge is 0.298 e. The lowest BCUT2D eigenvalue weighted by Crippen LogP contribution is -2.54. The van der Waals surface area contributed by atoms with Gasteiger partial charge in [-0.2, -0.15) is 0 Å². The minimum atomic E-state index is -0.817. The molecule has 0 aromatic heterocycles. The van der Waals surface area contributed by atoms with Crippen LogP contribution in [0.4, 0.5) is 4.79 Å². The fourth-order valence-corrected chi connectivity index (χ4v) is 2.60. The summed E-state index contributed by atoms with van der Waals surface area (Å²) in [4.78, 5) is 27.9. The summed E-state index contributed by atoms with van der Waals surface area (Å²) < 4.78 is 0. The Morgan fingerprint density at radius 1 is 1.05 bits per heavy atom. The fraction of sp³-hybridized carbons (Fsp3) is 0.846. The predicted octanol–water partition coefficient (Wildman–Crippen LogP) is 0.940. The summed E-state index contributed by atoms with van der Waals surface area (Å²) in [7, 11) is 0. The SMILES string of the molecule is CCNC(C)N1C(=O)N(C(C)NCC)C(C)(C)C1=O. The molecule has 2 atom stereocenters. The Bertz CT molecular complexity index is 357. The van der Waals surface area contributed by atoms with E-state index in [4.69, 9.17) is 0 Å². The predicted molar refractivity (Wildman–Crippen MR) is 74.4 cm³/mol. The Morgan fingerprint density at radius 2 is 1.53 bits per heavy atom. The van der Waals surface area contributed by atoms with Crippen molar-refractivity contribution >= 4 is 11.9 Å². The van der Waals surface area contributed by atoms with Crippen molar-refractivity contribution in [3.63, 3.8) is 0 Å². The van der Waals surface area contributed by atoms with Gasteiger partial charge in [0.05, 0.1) is 12.3 Å². The van der Waals surface area contributed by atoms with Crippen LogP contribution in [-0.4, -0.2) is 52.7 Å². The van der Waals surface area contributed by atoms with E-state index >= 15 is 0 Å². The van der Waals surface area contributed by atoms with Gasteiger partial charge < -0.3 is 0 Å². The summed E-state index contributed by atoms with van der Waals surface area (Å²) in [5, 5.41) is 6.31. The van der Waals surface area contributed by atoms with Gasteiger partial charge in [0.2, 0.25) is 0 Å². The molecule has 0 spiro atoms. The number of carbonyl (C=O) groups is 2. The van der Waals surface area contributed by atoms with E-state index in [9.17, 15) is 9.59 Å². The van der Waals surface area contributed by atoms with Gasteiger partial charge in [-0.1, -0.05) is 13.8 Å². The Morgan fingerprint density at radius 3 is 2.00 bits per heavy atom. The first-order chi connectivity index (χ1) is 8.78. The van der Waals surface area contributed by atoms with E-state index in [1.54, 1.807) is 18.7 Å². The molecule has 110 valence electrons. The van der Waals surface area contributed by atoms with Gasteiger partial charge in [0.15, 0.2) is 0 Å². The fourth-order valence-electron chi connectivity index (χ4n) is 2.60.